The molecule has 0 unspecified atom stereocenters. The summed E-state index contributed by atoms with van der Waals surface area (Å²) in [4.78, 5) is 0. The number of halogens is 1. The molecule has 15 heavy (non-hydrogen) atoms. The maximum absolute atomic E-state index is 9.56. The zero-order chi connectivity index (χ0) is 11.3. The van der Waals surface area contributed by atoms with E-state index in [1.165, 1.54) is 0 Å². The molecule has 0 fully saturated rings. The second-order valence-corrected chi connectivity index (χ2v) is 3.83. The fourth-order valence-electron chi connectivity index (χ4n) is 1.18. The van der Waals surface area contributed by atoms with Crippen LogP contribution in [0.5, 0.6) is 5.75 Å². The van der Waals surface area contributed by atoms with Crippen molar-refractivity contribution in [2.45, 2.75) is 19.4 Å². The number of hydrogen-bond acceptors (Lipinski definition) is 2. The molecule has 1 atom stereocenters. The van der Waals surface area contributed by atoms with Crippen molar-refractivity contribution in [1.29, 1.82) is 0 Å². The molecule has 0 aromatic heterocycles. The van der Waals surface area contributed by atoms with Gasteiger partial charge in [-0.2, -0.15) is 0 Å². The lowest BCUT2D eigenvalue weighted by molar-refractivity contribution is 0.173. The lowest BCUT2D eigenvalue weighted by Crippen LogP contribution is -1.98. The van der Waals surface area contributed by atoms with E-state index in [-0.39, 0.29) is 0 Å². The van der Waals surface area contributed by atoms with Crippen LogP contribution in [0.15, 0.2) is 35.9 Å². The molecule has 0 aliphatic carbocycles. The van der Waals surface area contributed by atoms with Crippen LogP contribution >= 0.6 is 11.6 Å². The molecular weight excluding hydrogens is 212 g/mol. The summed E-state index contributed by atoms with van der Waals surface area (Å²) < 4.78 is 5.32. The molecule has 1 rings (SSSR count). The van der Waals surface area contributed by atoms with Crippen molar-refractivity contribution < 1.29 is 9.84 Å². The fraction of sp³-hybridized carbons (Fsp3) is 0.333. The number of ether oxygens (including phenoxy) is 1. The Kier molecular flexibility index (Phi) is 4.66. The summed E-state index contributed by atoms with van der Waals surface area (Å²) in [6.07, 6.45) is 0.306. The second-order valence-electron chi connectivity index (χ2n) is 3.30. The quantitative estimate of drug-likeness (QED) is 0.835. The minimum Gasteiger partial charge on any atom is -0.488 e. The van der Waals surface area contributed by atoms with Gasteiger partial charge in [-0.3, -0.25) is 0 Å². The molecule has 82 valence electrons. The molecule has 0 aliphatic rings. The Morgan fingerprint density at radius 3 is 2.53 bits per heavy atom. The van der Waals surface area contributed by atoms with E-state index in [2.05, 4.69) is 6.58 Å². The Labute approximate surface area is 95.1 Å². The summed E-state index contributed by atoms with van der Waals surface area (Å²) in [6, 6.07) is 7.32. The van der Waals surface area contributed by atoms with E-state index >= 15 is 0 Å². The zero-order valence-electron chi connectivity index (χ0n) is 8.74. The average molecular weight is 227 g/mol. The summed E-state index contributed by atoms with van der Waals surface area (Å²) in [6.45, 7) is 5.77. The van der Waals surface area contributed by atoms with E-state index < -0.39 is 6.10 Å². The van der Waals surface area contributed by atoms with Gasteiger partial charge >= 0.3 is 0 Å². The smallest absolute Gasteiger partial charge is 0.123 e. The van der Waals surface area contributed by atoms with E-state index in [9.17, 15) is 5.11 Å². The van der Waals surface area contributed by atoms with Gasteiger partial charge in [-0.25, -0.2) is 0 Å². The largest absolute Gasteiger partial charge is 0.488 e. The maximum Gasteiger partial charge on any atom is 0.123 e. The molecule has 0 heterocycles. The van der Waals surface area contributed by atoms with E-state index in [4.69, 9.17) is 16.3 Å². The van der Waals surface area contributed by atoms with Gasteiger partial charge in [-0.15, -0.1) is 0 Å². The number of hydrogen-bond donors (Lipinski definition) is 1. The highest BCUT2D eigenvalue weighted by Crippen LogP contribution is 2.20. The molecule has 2 nitrogen and oxygen atoms in total. The van der Waals surface area contributed by atoms with Gasteiger partial charge in [0, 0.05) is 5.03 Å². The number of aliphatic hydroxyl groups excluding tert-OH is 1. The van der Waals surface area contributed by atoms with E-state index in [0.717, 1.165) is 11.3 Å². The number of rotatable bonds is 5. The van der Waals surface area contributed by atoms with Crippen molar-refractivity contribution in [3.05, 3.63) is 41.4 Å². The Morgan fingerprint density at radius 2 is 2.07 bits per heavy atom. The van der Waals surface area contributed by atoms with Gasteiger partial charge in [-0.1, -0.05) is 37.2 Å². The normalized spacial score (nSPS) is 12.2. The van der Waals surface area contributed by atoms with Gasteiger partial charge in [0.15, 0.2) is 0 Å². The van der Waals surface area contributed by atoms with Crippen LogP contribution in [0.4, 0.5) is 0 Å². The van der Waals surface area contributed by atoms with Crippen LogP contribution < -0.4 is 4.74 Å². The van der Waals surface area contributed by atoms with Crippen molar-refractivity contribution in [3.8, 4) is 5.75 Å². The average Bonchev–Trinajstić information content (AvgIpc) is 2.26. The first-order valence-corrected chi connectivity index (χ1v) is 5.25. The van der Waals surface area contributed by atoms with Crippen LogP contribution in [0, 0.1) is 0 Å². The van der Waals surface area contributed by atoms with Gasteiger partial charge in [0.05, 0.1) is 6.10 Å². The Balaban J connectivity index is 2.60. The predicted octanol–water partition coefficient (Wildman–Crippen LogP) is 3.26. The lowest BCUT2D eigenvalue weighted by atomic mass is 10.1. The fourth-order valence-corrected chi connectivity index (χ4v) is 1.24. The van der Waals surface area contributed by atoms with Crippen molar-refractivity contribution >= 4 is 11.6 Å². The highest BCUT2D eigenvalue weighted by atomic mass is 35.5. The topological polar surface area (TPSA) is 29.5 Å². The molecule has 1 N–H and O–H groups in total. The first-order valence-electron chi connectivity index (χ1n) is 4.87. The highest BCUT2D eigenvalue weighted by Gasteiger charge is 2.04. The summed E-state index contributed by atoms with van der Waals surface area (Å²) in [5.74, 6) is 0.726. The minimum absolute atomic E-state index is 0.303. The summed E-state index contributed by atoms with van der Waals surface area (Å²) in [5.41, 5.74) is 0.898. The molecule has 0 amide bonds. The molecule has 0 spiro atoms. The maximum atomic E-state index is 9.56. The third-order valence-electron chi connectivity index (χ3n) is 2.05. The minimum atomic E-state index is -0.401. The highest BCUT2D eigenvalue weighted by molar-refractivity contribution is 6.29. The zero-order valence-corrected chi connectivity index (χ0v) is 9.50. The van der Waals surface area contributed by atoms with Gasteiger partial charge in [-0.05, 0) is 24.1 Å². The predicted molar refractivity (Wildman–Crippen MR) is 62.2 cm³/mol. The van der Waals surface area contributed by atoms with Gasteiger partial charge in [0.25, 0.3) is 0 Å². The van der Waals surface area contributed by atoms with Gasteiger partial charge in [0.2, 0.25) is 0 Å². The second kappa shape index (κ2) is 5.79. The van der Waals surface area contributed by atoms with Crippen LogP contribution in [-0.4, -0.2) is 11.7 Å². The lowest BCUT2D eigenvalue weighted by Gasteiger charge is -2.09. The van der Waals surface area contributed by atoms with E-state index in [0.29, 0.717) is 18.1 Å². The van der Waals surface area contributed by atoms with Crippen LogP contribution in [0.2, 0.25) is 0 Å². The Hall–Kier alpha value is -0.990. The van der Waals surface area contributed by atoms with Crippen LogP contribution in [0.25, 0.3) is 0 Å². The van der Waals surface area contributed by atoms with Crippen LogP contribution in [-0.2, 0) is 0 Å². The summed E-state index contributed by atoms with van der Waals surface area (Å²) in [7, 11) is 0. The van der Waals surface area contributed by atoms with Crippen LogP contribution in [0.1, 0.15) is 25.0 Å². The summed E-state index contributed by atoms with van der Waals surface area (Å²) >= 11 is 5.57. The first-order chi connectivity index (χ1) is 7.13. The van der Waals surface area contributed by atoms with Crippen molar-refractivity contribution in [3.63, 3.8) is 0 Å². The summed E-state index contributed by atoms with van der Waals surface area (Å²) in [5, 5.41) is 10.0. The molecule has 0 saturated carbocycles. The standard InChI is InChI=1S/C12H15ClO2/c1-3-12(14)10-4-6-11(7-5-10)15-8-9(2)13/h4-7,12,14H,2-3,8H2,1H3/t12-/m0/s1. The van der Waals surface area contributed by atoms with E-state index in [1.54, 1.807) is 0 Å². The third-order valence-corrected chi connectivity index (χ3v) is 2.16. The monoisotopic (exact) mass is 226 g/mol. The molecular formula is C12H15ClO2. The molecule has 0 bridgehead atoms. The van der Waals surface area contributed by atoms with Crippen molar-refractivity contribution in [2.24, 2.45) is 0 Å². The number of benzene rings is 1. The Bertz CT molecular complexity index is 319. The first kappa shape index (κ1) is 12.1. The van der Waals surface area contributed by atoms with Crippen molar-refractivity contribution in [2.75, 3.05) is 6.61 Å². The molecule has 1 aromatic carbocycles. The molecule has 0 aliphatic heterocycles. The number of aliphatic hydroxyl groups is 1. The van der Waals surface area contributed by atoms with Gasteiger partial charge < -0.3 is 9.84 Å². The van der Waals surface area contributed by atoms with E-state index in [1.807, 2.05) is 31.2 Å². The molecule has 1 aromatic rings. The van der Waals surface area contributed by atoms with Crippen molar-refractivity contribution in [1.82, 2.24) is 0 Å². The van der Waals surface area contributed by atoms with Crippen LogP contribution in [0.3, 0.4) is 0 Å². The molecule has 0 saturated heterocycles. The SMILES string of the molecule is C=C(Cl)COc1ccc([C@@H](O)CC)cc1. The molecule has 3 heteroatoms. The third kappa shape index (κ3) is 3.94. The van der Waals surface area contributed by atoms with Gasteiger partial charge in [0.1, 0.15) is 12.4 Å². The molecule has 0 radical (unpaired) electrons. The Morgan fingerprint density at radius 1 is 1.47 bits per heavy atom.